The smallest absolute Gasteiger partial charge is 0.0822 e. The molecule has 0 spiro atoms. The second-order valence-electron chi connectivity index (χ2n) is 7.75. The molecule has 2 aliphatic rings. The van der Waals surface area contributed by atoms with Crippen molar-refractivity contribution in [1.82, 2.24) is 0 Å². The van der Waals surface area contributed by atoms with Crippen molar-refractivity contribution in [1.29, 1.82) is 0 Å². The van der Waals surface area contributed by atoms with Crippen molar-refractivity contribution in [3.63, 3.8) is 0 Å². The first-order valence-electron chi connectivity index (χ1n) is 8.63. The molecule has 0 aromatic carbocycles. The predicted octanol–water partition coefficient (Wildman–Crippen LogP) is 6.36. The first kappa shape index (κ1) is 18.3. The predicted molar refractivity (Wildman–Crippen MR) is 93.2 cm³/mol. The SMILES string of the molecule is CC=C1CC(CC)C1(C)C.CCC1CC(=COC)C1(C)C. The Morgan fingerprint density at radius 1 is 0.952 bits per heavy atom. The molecule has 2 saturated carbocycles. The standard InChI is InChI=1S/C10H18O.C10H18/c1-5-8-6-9(7-11-4)10(8,2)3;1-5-8-7-9(6-2)10(8,3)4/h7-8H,5-6H2,1-4H3;5,9H,6-7H2,1-4H3. The van der Waals surface area contributed by atoms with Crippen LogP contribution in [0.2, 0.25) is 0 Å². The minimum absolute atomic E-state index is 0.394. The summed E-state index contributed by atoms with van der Waals surface area (Å²) in [6, 6.07) is 0. The highest BCUT2D eigenvalue weighted by Crippen LogP contribution is 2.52. The summed E-state index contributed by atoms with van der Waals surface area (Å²) in [5, 5.41) is 0. The van der Waals surface area contributed by atoms with Crippen molar-refractivity contribution in [3.05, 3.63) is 23.5 Å². The van der Waals surface area contributed by atoms with Gasteiger partial charge in [0.05, 0.1) is 13.4 Å². The highest BCUT2D eigenvalue weighted by Gasteiger charge is 2.42. The summed E-state index contributed by atoms with van der Waals surface area (Å²) in [5.74, 6) is 1.81. The highest BCUT2D eigenvalue weighted by atomic mass is 16.5. The molecular weight excluding hydrogens is 256 g/mol. The Kier molecular flexibility index (Phi) is 6.13. The van der Waals surface area contributed by atoms with Crippen LogP contribution in [-0.2, 0) is 4.74 Å². The molecule has 0 amide bonds. The third-order valence-electron chi connectivity index (χ3n) is 6.22. The number of hydrogen-bond acceptors (Lipinski definition) is 1. The zero-order valence-electron chi connectivity index (χ0n) is 15.5. The van der Waals surface area contributed by atoms with E-state index in [2.05, 4.69) is 54.5 Å². The van der Waals surface area contributed by atoms with Crippen LogP contribution in [0.15, 0.2) is 23.5 Å². The van der Waals surface area contributed by atoms with E-state index in [1.165, 1.54) is 31.3 Å². The van der Waals surface area contributed by atoms with Crippen LogP contribution in [0.25, 0.3) is 0 Å². The average Bonchev–Trinajstić information content (AvgIpc) is 2.43. The molecule has 2 fully saturated rings. The van der Waals surface area contributed by atoms with Gasteiger partial charge < -0.3 is 4.74 Å². The lowest BCUT2D eigenvalue weighted by Gasteiger charge is -2.47. The van der Waals surface area contributed by atoms with Gasteiger partial charge in [-0.05, 0) is 48.0 Å². The third-order valence-corrected chi connectivity index (χ3v) is 6.22. The van der Waals surface area contributed by atoms with Gasteiger partial charge >= 0.3 is 0 Å². The normalized spacial score (nSPS) is 32.8. The van der Waals surface area contributed by atoms with Gasteiger partial charge in [0.15, 0.2) is 0 Å². The third kappa shape index (κ3) is 3.55. The van der Waals surface area contributed by atoms with Crippen LogP contribution in [0.5, 0.6) is 0 Å². The van der Waals surface area contributed by atoms with E-state index in [0.29, 0.717) is 10.8 Å². The second-order valence-corrected chi connectivity index (χ2v) is 7.75. The van der Waals surface area contributed by atoms with Gasteiger partial charge in [0.25, 0.3) is 0 Å². The van der Waals surface area contributed by atoms with Crippen LogP contribution >= 0.6 is 0 Å². The van der Waals surface area contributed by atoms with E-state index in [-0.39, 0.29) is 0 Å². The molecule has 21 heavy (non-hydrogen) atoms. The van der Waals surface area contributed by atoms with Crippen molar-refractivity contribution >= 4 is 0 Å². The van der Waals surface area contributed by atoms with E-state index < -0.39 is 0 Å². The van der Waals surface area contributed by atoms with Crippen molar-refractivity contribution in [2.75, 3.05) is 7.11 Å². The van der Waals surface area contributed by atoms with Crippen molar-refractivity contribution < 1.29 is 4.74 Å². The molecule has 0 bridgehead atoms. The molecule has 122 valence electrons. The fourth-order valence-electron chi connectivity index (χ4n) is 3.97. The largest absolute Gasteiger partial charge is 0.504 e. The van der Waals surface area contributed by atoms with E-state index in [4.69, 9.17) is 4.74 Å². The van der Waals surface area contributed by atoms with Gasteiger partial charge in [-0.15, -0.1) is 0 Å². The Labute approximate surface area is 132 Å². The van der Waals surface area contributed by atoms with E-state index in [1.807, 2.05) is 6.26 Å². The average molecular weight is 293 g/mol. The van der Waals surface area contributed by atoms with E-state index in [1.54, 1.807) is 12.7 Å². The van der Waals surface area contributed by atoms with Gasteiger partial charge in [0, 0.05) is 0 Å². The molecule has 2 unspecified atom stereocenters. The van der Waals surface area contributed by atoms with Crippen LogP contribution in [-0.4, -0.2) is 7.11 Å². The summed E-state index contributed by atoms with van der Waals surface area (Å²) in [5.41, 5.74) is 4.03. The lowest BCUT2D eigenvalue weighted by atomic mass is 9.58. The summed E-state index contributed by atoms with van der Waals surface area (Å²) in [6.07, 6.45) is 9.40. The monoisotopic (exact) mass is 292 g/mol. The molecule has 0 N–H and O–H groups in total. The number of methoxy groups -OCH3 is 1. The van der Waals surface area contributed by atoms with Crippen LogP contribution < -0.4 is 0 Å². The minimum Gasteiger partial charge on any atom is -0.504 e. The topological polar surface area (TPSA) is 9.23 Å². The quantitative estimate of drug-likeness (QED) is 0.434. The minimum atomic E-state index is 0.394. The molecule has 2 aliphatic carbocycles. The van der Waals surface area contributed by atoms with Gasteiger partial charge in [0.1, 0.15) is 0 Å². The van der Waals surface area contributed by atoms with Crippen LogP contribution in [0, 0.1) is 22.7 Å². The Bertz CT molecular complexity index is 398. The lowest BCUT2D eigenvalue weighted by molar-refractivity contribution is 0.147. The first-order chi connectivity index (χ1) is 9.75. The lowest BCUT2D eigenvalue weighted by Crippen LogP contribution is -2.37. The maximum atomic E-state index is 5.01. The van der Waals surface area contributed by atoms with Gasteiger partial charge in [0.2, 0.25) is 0 Å². The summed E-state index contributed by atoms with van der Waals surface area (Å²) < 4.78 is 5.01. The Morgan fingerprint density at radius 2 is 1.38 bits per heavy atom. The Balaban J connectivity index is 0.000000211. The zero-order valence-corrected chi connectivity index (χ0v) is 15.5. The summed E-state index contributed by atoms with van der Waals surface area (Å²) in [6.45, 7) is 16.0. The molecule has 1 heteroatoms. The fourth-order valence-corrected chi connectivity index (χ4v) is 3.97. The number of allylic oxidation sites excluding steroid dienone is 3. The van der Waals surface area contributed by atoms with Crippen molar-refractivity contribution in [2.45, 2.75) is 74.1 Å². The highest BCUT2D eigenvalue weighted by molar-refractivity contribution is 5.23. The molecule has 2 rings (SSSR count). The Hall–Kier alpha value is -0.720. The molecule has 0 aliphatic heterocycles. The van der Waals surface area contributed by atoms with E-state index in [0.717, 1.165) is 11.8 Å². The number of rotatable bonds is 3. The van der Waals surface area contributed by atoms with Crippen LogP contribution in [0.4, 0.5) is 0 Å². The van der Waals surface area contributed by atoms with Crippen molar-refractivity contribution in [2.24, 2.45) is 22.7 Å². The van der Waals surface area contributed by atoms with E-state index in [9.17, 15) is 0 Å². The van der Waals surface area contributed by atoms with Gasteiger partial charge in [-0.1, -0.05) is 66.0 Å². The molecule has 0 heterocycles. The first-order valence-corrected chi connectivity index (χ1v) is 8.63. The summed E-state index contributed by atoms with van der Waals surface area (Å²) in [4.78, 5) is 0. The zero-order chi connectivity index (χ0) is 16.3. The van der Waals surface area contributed by atoms with Gasteiger partial charge in [-0.3, -0.25) is 0 Å². The number of ether oxygens (including phenoxy) is 1. The maximum absolute atomic E-state index is 5.01. The molecule has 1 nitrogen and oxygen atoms in total. The molecule has 0 radical (unpaired) electrons. The van der Waals surface area contributed by atoms with Crippen LogP contribution in [0.1, 0.15) is 74.1 Å². The van der Waals surface area contributed by atoms with E-state index >= 15 is 0 Å². The molecule has 0 aromatic heterocycles. The fraction of sp³-hybridized carbons (Fsp3) is 0.800. The maximum Gasteiger partial charge on any atom is 0.0822 e. The summed E-state index contributed by atoms with van der Waals surface area (Å²) in [7, 11) is 1.72. The molecule has 0 saturated heterocycles. The number of hydrogen-bond donors (Lipinski definition) is 0. The second kappa shape index (κ2) is 7.03. The molecule has 0 aromatic rings. The molecular formula is C20H36O. The van der Waals surface area contributed by atoms with Crippen LogP contribution in [0.3, 0.4) is 0 Å². The van der Waals surface area contributed by atoms with Gasteiger partial charge in [-0.2, -0.15) is 0 Å². The Morgan fingerprint density at radius 3 is 1.67 bits per heavy atom. The van der Waals surface area contributed by atoms with Gasteiger partial charge in [-0.25, -0.2) is 0 Å². The summed E-state index contributed by atoms with van der Waals surface area (Å²) >= 11 is 0. The van der Waals surface area contributed by atoms with Crippen molar-refractivity contribution in [3.8, 4) is 0 Å². The molecule has 2 atom stereocenters.